The first kappa shape index (κ1) is 18.1. The number of aromatic nitrogens is 1. The van der Waals surface area contributed by atoms with Crippen LogP contribution in [-0.4, -0.2) is 40.8 Å². The molecule has 5 heteroatoms. The fraction of sp³-hybridized carbons (Fsp3) is 0.333. The zero-order valence-corrected chi connectivity index (χ0v) is 14.9. The van der Waals surface area contributed by atoms with Gasteiger partial charge >= 0.3 is 0 Å². The molecule has 3 N–H and O–H groups in total. The molecule has 0 amide bonds. The highest BCUT2D eigenvalue weighted by atomic mass is 16.3. The van der Waals surface area contributed by atoms with Crippen LogP contribution in [0.25, 0.3) is 0 Å². The molecule has 0 radical (unpaired) electrons. The van der Waals surface area contributed by atoms with Gasteiger partial charge in [-0.25, -0.2) is 0 Å². The second kappa shape index (κ2) is 9.15. The molecule has 1 aromatic heterocycles. The standard InChI is InChI=1S/C21H26N4O/c22-13-17(14-23-15-20-5-1-2-9-24-20)16-25-10-7-18(8-11-25)19-4-3-6-21(26)12-19/h1-6,9,12-14,18,22-23,26H,7-8,10-11,15-16H2/b17-14+,22-13?. The van der Waals surface area contributed by atoms with Crippen LogP contribution in [0.4, 0.5) is 0 Å². The topological polar surface area (TPSA) is 72.2 Å². The predicted octanol–water partition coefficient (Wildman–Crippen LogP) is 3.29. The molecule has 0 atom stereocenters. The molecule has 136 valence electrons. The van der Waals surface area contributed by atoms with E-state index in [0.29, 0.717) is 18.2 Å². The molecule has 1 aromatic carbocycles. The van der Waals surface area contributed by atoms with Gasteiger partial charge in [0.1, 0.15) is 5.75 Å². The second-order valence-corrected chi connectivity index (χ2v) is 6.71. The van der Waals surface area contributed by atoms with Crippen molar-refractivity contribution in [3.05, 3.63) is 71.7 Å². The van der Waals surface area contributed by atoms with Gasteiger partial charge in [0.25, 0.3) is 0 Å². The first-order valence-electron chi connectivity index (χ1n) is 9.08. The summed E-state index contributed by atoms with van der Waals surface area (Å²) < 4.78 is 0. The smallest absolute Gasteiger partial charge is 0.115 e. The number of likely N-dealkylation sites (tertiary alicyclic amines) is 1. The van der Waals surface area contributed by atoms with E-state index in [2.05, 4.69) is 21.3 Å². The van der Waals surface area contributed by atoms with Crippen LogP contribution >= 0.6 is 0 Å². The van der Waals surface area contributed by atoms with Crippen molar-refractivity contribution in [2.75, 3.05) is 19.6 Å². The number of aromatic hydroxyl groups is 1. The maximum absolute atomic E-state index is 9.66. The van der Waals surface area contributed by atoms with E-state index in [1.807, 2.05) is 36.5 Å². The first-order chi connectivity index (χ1) is 12.7. The van der Waals surface area contributed by atoms with Gasteiger partial charge in [0.05, 0.1) is 12.2 Å². The molecule has 0 saturated carbocycles. The number of phenols is 1. The Morgan fingerprint density at radius 3 is 2.77 bits per heavy atom. The third-order valence-corrected chi connectivity index (χ3v) is 4.82. The predicted molar refractivity (Wildman–Crippen MR) is 104 cm³/mol. The zero-order chi connectivity index (χ0) is 18.2. The summed E-state index contributed by atoms with van der Waals surface area (Å²) in [5.74, 6) is 0.853. The van der Waals surface area contributed by atoms with Gasteiger partial charge in [-0.3, -0.25) is 9.88 Å². The van der Waals surface area contributed by atoms with Crippen molar-refractivity contribution in [3.8, 4) is 5.75 Å². The number of benzene rings is 1. The van der Waals surface area contributed by atoms with E-state index in [1.165, 1.54) is 11.8 Å². The summed E-state index contributed by atoms with van der Waals surface area (Å²) in [6.45, 7) is 3.46. The summed E-state index contributed by atoms with van der Waals surface area (Å²) in [6, 6.07) is 13.5. The lowest BCUT2D eigenvalue weighted by atomic mass is 9.89. The zero-order valence-electron chi connectivity index (χ0n) is 14.9. The van der Waals surface area contributed by atoms with Gasteiger partial charge in [-0.1, -0.05) is 18.2 Å². The number of hydrogen-bond acceptors (Lipinski definition) is 5. The molecular formula is C21H26N4O. The minimum atomic E-state index is 0.345. The Balaban J connectivity index is 1.47. The van der Waals surface area contributed by atoms with Crippen molar-refractivity contribution in [2.24, 2.45) is 0 Å². The van der Waals surface area contributed by atoms with Gasteiger partial charge in [-0.2, -0.15) is 0 Å². The van der Waals surface area contributed by atoms with Crippen molar-refractivity contribution >= 4 is 6.21 Å². The molecule has 0 bridgehead atoms. The molecule has 0 unspecified atom stereocenters. The number of phenolic OH excluding ortho intramolecular Hbond substituents is 1. The maximum Gasteiger partial charge on any atom is 0.115 e. The van der Waals surface area contributed by atoms with Crippen LogP contribution in [0, 0.1) is 5.41 Å². The van der Waals surface area contributed by atoms with Gasteiger partial charge in [-0.15, -0.1) is 0 Å². The number of nitrogens with one attached hydrogen (secondary N) is 2. The minimum absolute atomic E-state index is 0.345. The minimum Gasteiger partial charge on any atom is -0.508 e. The summed E-state index contributed by atoms with van der Waals surface area (Å²) >= 11 is 0. The molecule has 3 rings (SSSR count). The Morgan fingerprint density at radius 2 is 2.08 bits per heavy atom. The highest BCUT2D eigenvalue weighted by Gasteiger charge is 2.21. The molecular weight excluding hydrogens is 324 g/mol. The van der Waals surface area contributed by atoms with Crippen LogP contribution in [0.1, 0.15) is 30.0 Å². The fourth-order valence-corrected chi connectivity index (χ4v) is 3.38. The summed E-state index contributed by atoms with van der Waals surface area (Å²) in [4.78, 5) is 6.67. The molecule has 1 aliphatic heterocycles. The normalized spacial score (nSPS) is 16.4. The van der Waals surface area contributed by atoms with Gasteiger partial charge in [0.2, 0.25) is 0 Å². The van der Waals surface area contributed by atoms with E-state index >= 15 is 0 Å². The summed E-state index contributed by atoms with van der Waals surface area (Å²) in [5.41, 5.74) is 3.18. The Hall–Kier alpha value is -2.66. The van der Waals surface area contributed by atoms with Gasteiger partial charge < -0.3 is 15.8 Å². The largest absolute Gasteiger partial charge is 0.508 e. The Morgan fingerprint density at radius 1 is 1.23 bits per heavy atom. The Kier molecular flexibility index (Phi) is 6.39. The second-order valence-electron chi connectivity index (χ2n) is 6.71. The van der Waals surface area contributed by atoms with Crippen molar-refractivity contribution in [1.29, 1.82) is 5.41 Å². The molecule has 1 saturated heterocycles. The number of pyridine rings is 1. The third-order valence-electron chi connectivity index (χ3n) is 4.82. The van der Waals surface area contributed by atoms with Crippen LogP contribution in [0.5, 0.6) is 5.75 Å². The number of piperidine rings is 1. The summed E-state index contributed by atoms with van der Waals surface area (Å²) in [5, 5.41) is 20.6. The van der Waals surface area contributed by atoms with Crippen molar-refractivity contribution < 1.29 is 5.11 Å². The van der Waals surface area contributed by atoms with Crippen LogP contribution in [0.3, 0.4) is 0 Å². The van der Waals surface area contributed by atoms with Crippen LogP contribution in [0.2, 0.25) is 0 Å². The molecule has 1 fully saturated rings. The fourth-order valence-electron chi connectivity index (χ4n) is 3.38. The van der Waals surface area contributed by atoms with Gasteiger partial charge in [0.15, 0.2) is 0 Å². The number of nitrogens with zero attached hydrogens (tertiary/aromatic N) is 2. The highest BCUT2D eigenvalue weighted by molar-refractivity contribution is 5.76. The van der Waals surface area contributed by atoms with Crippen LogP contribution < -0.4 is 5.32 Å². The van der Waals surface area contributed by atoms with Crippen molar-refractivity contribution in [3.63, 3.8) is 0 Å². The van der Waals surface area contributed by atoms with E-state index in [0.717, 1.165) is 43.7 Å². The number of rotatable bonds is 7. The molecule has 26 heavy (non-hydrogen) atoms. The van der Waals surface area contributed by atoms with Crippen molar-refractivity contribution in [2.45, 2.75) is 25.3 Å². The highest BCUT2D eigenvalue weighted by Crippen LogP contribution is 2.29. The lowest BCUT2D eigenvalue weighted by molar-refractivity contribution is 0.230. The summed E-state index contributed by atoms with van der Waals surface area (Å²) in [6.07, 6.45) is 7.29. The average molecular weight is 350 g/mol. The monoisotopic (exact) mass is 350 g/mol. The molecule has 5 nitrogen and oxygen atoms in total. The van der Waals surface area contributed by atoms with E-state index in [-0.39, 0.29) is 0 Å². The van der Waals surface area contributed by atoms with Gasteiger partial charge in [0, 0.05) is 25.2 Å². The van der Waals surface area contributed by atoms with E-state index in [4.69, 9.17) is 5.41 Å². The Labute approximate surface area is 154 Å². The van der Waals surface area contributed by atoms with E-state index in [9.17, 15) is 5.11 Å². The lowest BCUT2D eigenvalue weighted by Crippen LogP contribution is -2.34. The van der Waals surface area contributed by atoms with E-state index in [1.54, 1.807) is 12.3 Å². The van der Waals surface area contributed by atoms with Crippen molar-refractivity contribution in [1.82, 2.24) is 15.2 Å². The quantitative estimate of drug-likeness (QED) is 0.670. The maximum atomic E-state index is 9.66. The molecule has 0 aliphatic carbocycles. The van der Waals surface area contributed by atoms with Crippen LogP contribution in [-0.2, 0) is 6.54 Å². The average Bonchev–Trinajstić information content (AvgIpc) is 2.68. The first-order valence-corrected chi connectivity index (χ1v) is 9.08. The molecule has 0 spiro atoms. The molecule has 2 aromatic rings. The molecule has 2 heterocycles. The van der Waals surface area contributed by atoms with E-state index < -0.39 is 0 Å². The van der Waals surface area contributed by atoms with Gasteiger partial charge in [-0.05, 0) is 67.3 Å². The van der Waals surface area contributed by atoms with Crippen LogP contribution in [0.15, 0.2) is 60.4 Å². The third kappa shape index (κ3) is 5.17. The lowest BCUT2D eigenvalue weighted by Gasteiger charge is -2.32. The Bertz CT molecular complexity index is 737. The summed E-state index contributed by atoms with van der Waals surface area (Å²) in [7, 11) is 0. The molecule has 1 aliphatic rings. The SMILES string of the molecule is N=C/C(=C\NCc1ccccn1)CN1CCC(c2cccc(O)c2)CC1. The number of hydrogen-bond donors (Lipinski definition) is 3.